The third-order valence-electron chi connectivity index (χ3n) is 2.96. The second-order valence-electron chi connectivity index (χ2n) is 4.27. The Morgan fingerprint density at radius 3 is 2.67 bits per heavy atom. The largest absolute Gasteiger partial charge is 0.326 e. The molecular weight excluding hydrogens is 253 g/mol. The van der Waals surface area contributed by atoms with E-state index < -0.39 is 0 Å². The number of nitrogens with two attached hydrogens (primary N) is 1. The van der Waals surface area contributed by atoms with Crippen LogP contribution in [-0.2, 0) is 13.1 Å². The van der Waals surface area contributed by atoms with Gasteiger partial charge in [0.25, 0.3) is 0 Å². The molecule has 3 nitrogen and oxygen atoms in total. The van der Waals surface area contributed by atoms with Crippen LogP contribution in [-0.4, -0.2) is 9.78 Å². The summed E-state index contributed by atoms with van der Waals surface area (Å²) < 4.78 is 15.4. The summed E-state index contributed by atoms with van der Waals surface area (Å²) >= 11 is 6.07. The van der Waals surface area contributed by atoms with Gasteiger partial charge in [0, 0.05) is 12.1 Å². The van der Waals surface area contributed by atoms with Gasteiger partial charge in [-0.15, -0.1) is 0 Å². The Balaban J connectivity index is 2.36. The molecule has 1 aromatic carbocycles. The van der Waals surface area contributed by atoms with E-state index in [0.29, 0.717) is 23.7 Å². The molecule has 2 rings (SSSR count). The van der Waals surface area contributed by atoms with Crippen LogP contribution in [0.2, 0.25) is 5.02 Å². The van der Waals surface area contributed by atoms with E-state index in [4.69, 9.17) is 17.3 Å². The van der Waals surface area contributed by atoms with Gasteiger partial charge in [-0.25, -0.2) is 4.39 Å². The Kier molecular flexibility index (Phi) is 3.68. The van der Waals surface area contributed by atoms with Gasteiger partial charge < -0.3 is 5.73 Å². The summed E-state index contributed by atoms with van der Waals surface area (Å²) in [5.74, 6) is -0.254. The Bertz CT molecular complexity index is 578. The van der Waals surface area contributed by atoms with Gasteiger partial charge in [0.05, 0.1) is 23.0 Å². The van der Waals surface area contributed by atoms with E-state index in [1.807, 2.05) is 13.8 Å². The molecule has 0 bridgehead atoms. The van der Waals surface area contributed by atoms with Crippen molar-refractivity contribution in [1.29, 1.82) is 0 Å². The summed E-state index contributed by atoms with van der Waals surface area (Å²) in [7, 11) is 0. The van der Waals surface area contributed by atoms with Gasteiger partial charge in [-0.1, -0.05) is 17.7 Å². The average molecular weight is 268 g/mol. The normalized spacial score (nSPS) is 10.9. The van der Waals surface area contributed by atoms with Gasteiger partial charge in [-0.3, -0.25) is 4.68 Å². The van der Waals surface area contributed by atoms with E-state index in [0.717, 1.165) is 17.0 Å². The lowest BCUT2D eigenvalue weighted by atomic mass is 10.1. The molecule has 0 fully saturated rings. The number of hydrogen-bond acceptors (Lipinski definition) is 2. The first-order chi connectivity index (χ1) is 8.52. The van der Waals surface area contributed by atoms with Crippen molar-refractivity contribution in [3.8, 4) is 0 Å². The van der Waals surface area contributed by atoms with E-state index in [-0.39, 0.29) is 5.82 Å². The Labute approximate surface area is 110 Å². The summed E-state index contributed by atoms with van der Waals surface area (Å²) in [5.41, 5.74) is 8.62. The molecule has 1 aromatic heterocycles. The van der Waals surface area contributed by atoms with Crippen LogP contribution in [0.5, 0.6) is 0 Å². The highest BCUT2D eigenvalue weighted by Crippen LogP contribution is 2.20. The predicted octanol–water partition coefficient (Wildman–Crippen LogP) is 2.80. The molecule has 5 heteroatoms. The van der Waals surface area contributed by atoms with Crippen molar-refractivity contribution in [3.05, 3.63) is 51.6 Å². The van der Waals surface area contributed by atoms with Crippen molar-refractivity contribution in [2.24, 2.45) is 5.73 Å². The summed E-state index contributed by atoms with van der Waals surface area (Å²) in [6, 6.07) is 4.89. The molecule has 96 valence electrons. The lowest BCUT2D eigenvalue weighted by Gasteiger charge is -2.07. The number of benzene rings is 1. The first-order valence-electron chi connectivity index (χ1n) is 5.69. The Hall–Kier alpha value is -1.39. The van der Waals surface area contributed by atoms with Gasteiger partial charge in [-0.2, -0.15) is 5.10 Å². The quantitative estimate of drug-likeness (QED) is 0.929. The lowest BCUT2D eigenvalue weighted by molar-refractivity contribution is 0.577. The van der Waals surface area contributed by atoms with Crippen molar-refractivity contribution in [2.75, 3.05) is 0 Å². The van der Waals surface area contributed by atoms with Gasteiger partial charge in [0.15, 0.2) is 0 Å². The van der Waals surface area contributed by atoms with E-state index in [9.17, 15) is 4.39 Å². The average Bonchev–Trinajstić information content (AvgIpc) is 2.60. The lowest BCUT2D eigenvalue weighted by Crippen LogP contribution is -2.07. The second-order valence-corrected chi connectivity index (χ2v) is 4.65. The van der Waals surface area contributed by atoms with Crippen molar-refractivity contribution in [1.82, 2.24) is 9.78 Å². The maximum absolute atomic E-state index is 13.7. The number of hydrogen-bond donors (Lipinski definition) is 1. The van der Waals surface area contributed by atoms with Crippen molar-refractivity contribution >= 4 is 11.6 Å². The molecule has 2 aromatic rings. The van der Waals surface area contributed by atoms with Crippen molar-refractivity contribution < 1.29 is 4.39 Å². The summed E-state index contributed by atoms with van der Waals surface area (Å²) in [5, 5.41) is 4.92. The van der Waals surface area contributed by atoms with Crippen LogP contribution in [0, 0.1) is 19.7 Å². The maximum Gasteiger partial charge on any atom is 0.128 e. The fraction of sp³-hybridized carbons (Fsp3) is 0.308. The fourth-order valence-corrected chi connectivity index (χ4v) is 2.00. The minimum absolute atomic E-state index is 0.254. The monoisotopic (exact) mass is 267 g/mol. The van der Waals surface area contributed by atoms with E-state index in [1.54, 1.807) is 16.8 Å². The zero-order chi connectivity index (χ0) is 13.3. The molecule has 1 heterocycles. The zero-order valence-corrected chi connectivity index (χ0v) is 11.1. The highest BCUT2D eigenvalue weighted by atomic mass is 35.5. The molecule has 0 aliphatic carbocycles. The van der Waals surface area contributed by atoms with Crippen LogP contribution >= 0.6 is 11.6 Å². The molecule has 18 heavy (non-hydrogen) atoms. The second kappa shape index (κ2) is 5.08. The summed E-state index contributed by atoms with van der Waals surface area (Å²) in [6.45, 7) is 4.45. The van der Waals surface area contributed by atoms with Gasteiger partial charge >= 0.3 is 0 Å². The Morgan fingerprint density at radius 1 is 1.39 bits per heavy atom. The molecule has 0 amide bonds. The number of halogens is 2. The zero-order valence-electron chi connectivity index (χ0n) is 10.4. The molecule has 2 N–H and O–H groups in total. The fourth-order valence-electron chi connectivity index (χ4n) is 1.87. The minimum Gasteiger partial charge on any atom is -0.326 e. The standard InChI is InChI=1S/C13H15ClFN3/c1-8-13(14)9(2)18(17-8)7-11-5-10(6-16)3-4-12(11)15/h3-5H,6-7,16H2,1-2H3. The molecule has 0 radical (unpaired) electrons. The number of nitrogens with zero attached hydrogens (tertiary/aromatic N) is 2. The molecule has 0 aliphatic heterocycles. The van der Waals surface area contributed by atoms with Crippen LogP contribution in [0.15, 0.2) is 18.2 Å². The molecular formula is C13H15ClFN3. The van der Waals surface area contributed by atoms with E-state index >= 15 is 0 Å². The third-order valence-corrected chi connectivity index (χ3v) is 3.51. The topological polar surface area (TPSA) is 43.8 Å². The van der Waals surface area contributed by atoms with Crippen molar-refractivity contribution in [2.45, 2.75) is 26.9 Å². The molecule has 0 spiro atoms. The third kappa shape index (κ3) is 2.40. The highest BCUT2D eigenvalue weighted by Gasteiger charge is 2.11. The minimum atomic E-state index is -0.254. The maximum atomic E-state index is 13.7. The number of aryl methyl sites for hydroxylation is 1. The van der Waals surface area contributed by atoms with Crippen LogP contribution in [0.4, 0.5) is 4.39 Å². The molecule has 0 saturated carbocycles. The molecule has 0 atom stereocenters. The summed E-state index contributed by atoms with van der Waals surface area (Å²) in [4.78, 5) is 0. The first kappa shape index (κ1) is 13.1. The molecule has 0 saturated heterocycles. The van der Waals surface area contributed by atoms with Gasteiger partial charge in [0.1, 0.15) is 5.82 Å². The van der Waals surface area contributed by atoms with E-state index in [2.05, 4.69) is 5.10 Å². The van der Waals surface area contributed by atoms with E-state index in [1.165, 1.54) is 6.07 Å². The van der Waals surface area contributed by atoms with Crippen LogP contribution in [0.3, 0.4) is 0 Å². The molecule has 0 unspecified atom stereocenters. The van der Waals surface area contributed by atoms with Crippen molar-refractivity contribution in [3.63, 3.8) is 0 Å². The highest BCUT2D eigenvalue weighted by molar-refractivity contribution is 6.31. The van der Waals surface area contributed by atoms with Crippen LogP contribution < -0.4 is 5.73 Å². The molecule has 0 aliphatic rings. The smallest absolute Gasteiger partial charge is 0.128 e. The SMILES string of the molecule is Cc1nn(Cc2cc(CN)ccc2F)c(C)c1Cl. The van der Waals surface area contributed by atoms with Crippen LogP contribution in [0.25, 0.3) is 0 Å². The van der Waals surface area contributed by atoms with Gasteiger partial charge in [0.2, 0.25) is 0 Å². The first-order valence-corrected chi connectivity index (χ1v) is 6.07. The Morgan fingerprint density at radius 2 is 2.11 bits per heavy atom. The number of aromatic nitrogens is 2. The summed E-state index contributed by atoms with van der Waals surface area (Å²) in [6.07, 6.45) is 0. The number of rotatable bonds is 3. The van der Waals surface area contributed by atoms with Crippen LogP contribution in [0.1, 0.15) is 22.5 Å². The van der Waals surface area contributed by atoms with Gasteiger partial charge in [-0.05, 0) is 31.5 Å². The predicted molar refractivity (Wildman–Crippen MR) is 70.1 cm³/mol.